The van der Waals surface area contributed by atoms with Crippen LogP contribution in [-0.2, 0) is 6.42 Å². The van der Waals surface area contributed by atoms with Crippen molar-refractivity contribution in [1.29, 1.82) is 0 Å². The topological polar surface area (TPSA) is 43.6 Å². The molecule has 0 fully saturated rings. The van der Waals surface area contributed by atoms with Gasteiger partial charge in [0.05, 0.1) is 11.9 Å². The van der Waals surface area contributed by atoms with Gasteiger partial charge in [-0.3, -0.25) is 9.55 Å². The Morgan fingerprint density at radius 3 is 2.83 bits per heavy atom. The third kappa shape index (κ3) is 2.06. The molecule has 1 aromatic carbocycles. The lowest BCUT2D eigenvalue weighted by Gasteiger charge is -2.25. The summed E-state index contributed by atoms with van der Waals surface area (Å²) >= 11 is 6.33. The van der Waals surface area contributed by atoms with Crippen LogP contribution < -0.4 is 0 Å². The predicted octanol–water partition coefficient (Wildman–Crippen LogP) is 4.23. The van der Waals surface area contributed by atoms with Gasteiger partial charge in [0.25, 0.3) is 0 Å². The van der Waals surface area contributed by atoms with Crippen molar-refractivity contribution >= 4 is 11.6 Å². The summed E-state index contributed by atoms with van der Waals surface area (Å²) in [7, 11) is 0. The Hall–Kier alpha value is -2.34. The highest BCUT2D eigenvalue weighted by Gasteiger charge is 2.29. The fraction of sp³-hybridized carbons (Fsp3) is 0.235. The van der Waals surface area contributed by atoms with E-state index in [1.165, 1.54) is 12.5 Å². The van der Waals surface area contributed by atoms with Gasteiger partial charge in [-0.25, -0.2) is 8.78 Å². The van der Waals surface area contributed by atoms with Gasteiger partial charge >= 0.3 is 0 Å². The molecular formula is C17H13ClF2N4. The van der Waals surface area contributed by atoms with E-state index in [1.807, 2.05) is 6.92 Å². The van der Waals surface area contributed by atoms with Crippen LogP contribution in [0.5, 0.6) is 0 Å². The Balaban J connectivity index is 2.00. The fourth-order valence-corrected chi connectivity index (χ4v) is 3.54. The largest absolute Gasteiger partial charge is 0.283 e. The number of aromatic nitrogens is 4. The normalized spacial score (nSPS) is 16.0. The molecule has 2 aromatic heterocycles. The molecule has 0 saturated carbocycles. The van der Waals surface area contributed by atoms with Crippen molar-refractivity contribution in [2.75, 3.05) is 0 Å². The fourth-order valence-electron chi connectivity index (χ4n) is 3.23. The van der Waals surface area contributed by atoms with E-state index in [1.54, 1.807) is 17.6 Å². The van der Waals surface area contributed by atoms with Gasteiger partial charge < -0.3 is 0 Å². The molecule has 7 heteroatoms. The number of fused-ring (bicyclic) bond motifs is 3. The molecular weight excluding hydrogens is 334 g/mol. The molecule has 122 valence electrons. The molecule has 0 aliphatic carbocycles. The summed E-state index contributed by atoms with van der Waals surface area (Å²) in [6.07, 6.45) is 4.75. The molecule has 1 unspecified atom stereocenters. The van der Waals surface area contributed by atoms with Crippen LogP contribution in [0, 0.1) is 18.6 Å². The van der Waals surface area contributed by atoms with Crippen LogP contribution in [0.1, 0.15) is 29.8 Å². The quantitative estimate of drug-likeness (QED) is 0.662. The lowest BCUT2D eigenvalue weighted by molar-refractivity contribution is 0.607. The first-order chi connectivity index (χ1) is 11.5. The maximum atomic E-state index is 14.9. The van der Waals surface area contributed by atoms with Crippen LogP contribution in [-0.4, -0.2) is 19.7 Å². The lowest BCUT2D eigenvalue weighted by Crippen LogP contribution is -2.17. The van der Waals surface area contributed by atoms with E-state index in [0.29, 0.717) is 23.2 Å². The van der Waals surface area contributed by atoms with Crippen molar-refractivity contribution < 1.29 is 8.78 Å². The molecule has 0 saturated heterocycles. The van der Waals surface area contributed by atoms with E-state index in [0.717, 1.165) is 17.6 Å². The van der Waals surface area contributed by atoms with Crippen molar-refractivity contribution in [2.24, 2.45) is 0 Å². The summed E-state index contributed by atoms with van der Waals surface area (Å²) in [5, 5.41) is 7.97. The van der Waals surface area contributed by atoms with E-state index >= 15 is 0 Å². The maximum absolute atomic E-state index is 14.9. The van der Waals surface area contributed by atoms with E-state index in [-0.39, 0.29) is 16.5 Å². The van der Waals surface area contributed by atoms with Crippen molar-refractivity contribution in [2.45, 2.75) is 26.2 Å². The van der Waals surface area contributed by atoms with Crippen molar-refractivity contribution in [3.8, 4) is 16.8 Å². The Labute approximate surface area is 142 Å². The molecule has 3 aromatic rings. The van der Waals surface area contributed by atoms with Crippen LogP contribution in [0.4, 0.5) is 8.78 Å². The van der Waals surface area contributed by atoms with Gasteiger partial charge in [-0.15, -0.1) is 10.2 Å². The SMILES string of the molecule is Cc1c(F)cncc1-c1cc2c(c(Cl)c1F)-n1cnnc1C(C)C2. The van der Waals surface area contributed by atoms with Crippen molar-refractivity contribution in [1.82, 2.24) is 19.7 Å². The van der Waals surface area contributed by atoms with Gasteiger partial charge in [0.2, 0.25) is 0 Å². The second-order valence-electron chi connectivity index (χ2n) is 6.02. The van der Waals surface area contributed by atoms with Crippen LogP contribution in [0.25, 0.3) is 16.8 Å². The van der Waals surface area contributed by atoms with E-state index in [4.69, 9.17) is 11.6 Å². The van der Waals surface area contributed by atoms with Crippen LogP contribution in [0.15, 0.2) is 24.8 Å². The lowest BCUT2D eigenvalue weighted by atomic mass is 9.91. The Morgan fingerprint density at radius 1 is 1.25 bits per heavy atom. The highest BCUT2D eigenvalue weighted by Crippen LogP contribution is 2.41. The smallest absolute Gasteiger partial charge is 0.151 e. The Bertz CT molecular complexity index is 967. The predicted molar refractivity (Wildman–Crippen MR) is 86.4 cm³/mol. The summed E-state index contributed by atoms with van der Waals surface area (Å²) in [5.74, 6) is -0.198. The van der Waals surface area contributed by atoms with Gasteiger partial charge in [0, 0.05) is 23.2 Å². The summed E-state index contributed by atoms with van der Waals surface area (Å²) < 4.78 is 30.5. The first-order valence-electron chi connectivity index (χ1n) is 7.50. The Morgan fingerprint density at radius 2 is 2.04 bits per heavy atom. The summed E-state index contributed by atoms with van der Waals surface area (Å²) in [6, 6.07) is 1.72. The zero-order valence-corrected chi connectivity index (χ0v) is 13.8. The molecule has 0 bridgehead atoms. The van der Waals surface area contributed by atoms with E-state index in [2.05, 4.69) is 15.2 Å². The average molecular weight is 347 g/mol. The highest BCUT2D eigenvalue weighted by atomic mass is 35.5. The molecule has 0 amide bonds. The molecule has 0 N–H and O–H groups in total. The molecule has 4 rings (SSSR count). The first-order valence-corrected chi connectivity index (χ1v) is 7.88. The first kappa shape index (κ1) is 15.2. The number of nitrogens with zero attached hydrogens (tertiary/aromatic N) is 4. The molecule has 3 heterocycles. The molecule has 1 aliphatic rings. The molecule has 24 heavy (non-hydrogen) atoms. The van der Waals surface area contributed by atoms with Gasteiger partial charge in [0.15, 0.2) is 5.82 Å². The van der Waals surface area contributed by atoms with Gasteiger partial charge in [0.1, 0.15) is 23.0 Å². The maximum Gasteiger partial charge on any atom is 0.151 e. The summed E-state index contributed by atoms with van der Waals surface area (Å²) in [4.78, 5) is 3.84. The van der Waals surface area contributed by atoms with E-state index in [9.17, 15) is 8.78 Å². The summed E-state index contributed by atoms with van der Waals surface area (Å²) in [5.41, 5.74) is 2.43. The standard InChI is InChI=1S/C17H13ClF2N4/c1-8-3-10-4-11(12-5-21-6-13(19)9(12)2)15(20)14(18)16(10)24-7-22-23-17(8)24/h4-8H,3H2,1-2H3. The minimum atomic E-state index is -0.597. The molecule has 1 atom stereocenters. The van der Waals surface area contributed by atoms with Crippen LogP contribution >= 0.6 is 11.6 Å². The second kappa shape index (κ2) is 5.34. The zero-order valence-electron chi connectivity index (χ0n) is 13.0. The zero-order chi connectivity index (χ0) is 17.0. The number of halogens is 3. The van der Waals surface area contributed by atoms with Gasteiger partial charge in [-0.1, -0.05) is 18.5 Å². The monoisotopic (exact) mass is 346 g/mol. The minimum absolute atomic E-state index is 0.0147. The van der Waals surface area contributed by atoms with E-state index < -0.39 is 11.6 Å². The number of rotatable bonds is 1. The van der Waals surface area contributed by atoms with Gasteiger partial charge in [-0.05, 0) is 30.5 Å². The van der Waals surface area contributed by atoms with Crippen LogP contribution in [0.3, 0.4) is 0 Å². The summed E-state index contributed by atoms with van der Waals surface area (Å²) in [6.45, 7) is 3.62. The minimum Gasteiger partial charge on any atom is -0.283 e. The van der Waals surface area contributed by atoms with Crippen LogP contribution in [0.2, 0.25) is 5.02 Å². The number of hydrogen-bond acceptors (Lipinski definition) is 3. The Kier molecular flexibility index (Phi) is 3.38. The molecule has 0 radical (unpaired) electrons. The molecule has 4 nitrogen and oxygen atoms in total. The molecule has 0 spiro atoms. The average Bonchev–Trinajstić information content (AvgIpc) is 3.04. The van der Waals surface area contributed by atoms with Crippen molar-refractivity contribution in [3.05, 3.63) is 58.4 Å². The van der Waals surface area contributed by atoms with Crippen molar-refractivity contribution in [3.63, 3.8) is 0 Å². The molecule has 1 aliphatic heterocycles. The number of benzene rings is 1. The van der Waals surface area contributed by atoms with Gasteiger partial charge in [-0.2, -0.15) is 0 Å². The second-order valence-corrected chi connectivity index (χ2v) is 6.40. The number of pyridine rings is 1. The number of hydrogen-bond donors (Lipinski definition) is 0. The highest BCUT2D eigenvalue weighted by molar-refractivity contribution is 6.33. The third-order valence-corrected chi connectivity index (χ3v) is 4.83. The third-order valence-electron chi connectivity index (χ3n) is 4.49.